The summed E-state index contributed by atoms with van der Waals surface area (Å²) in [5.41, 5.74) is 3.56. The molecule has 2 rings (SSSR count). The molecule has 0 saturated carbocycles. The Kier molecular flexibility index (Phi) is 5.99. The fraction of sp³-hybridized carbons (Fsp3) is 0.316. The van der Waals surface area contributed by atoms with Gasteiger partial charge in [-0.05, 0) is 53.5 Å². The zero-order chi connectivity index (χ0) is 16.8. The molecule has 2 aromatic carbocycles. The van der Waals surface area contributed by atoms with E-state index in [1.54, 1.807) is 7.11 Å². The molecule has 0 radical (unpaired) electrons. The van der Waals surface area contributed by atoms with Gasteiger partial charge in [-0.1, -0.05) is 38.1 Å². The Bertz CT molecular complexity index is 635. The number of hydrogen-bond acceptors (Lipinski definition) is 2. The standard InChI is InChI=1S/C19H24N2OS/c1-14(2)16-7-5-15(6-8-16)13-21(3)19(23)20-17-9-11-18(22-4)12-10-17/h5-12,14H,13H2,1-4H3,(H,20,23). The first-order chi connectivity index (χ1) is 11.0. The summed E-state index contributed by atoms with van der Waals surface area (Å²) in [4.78, 5) is 2.03. The number of rotatable bonds is 5. The van der Waals surface area contributed by atoms with Gasteiger partial charge in [0.05, 0.1) is 7.11 Å². The van der Waals surface area contributed by atoms with Crippen molar-refractivity contribution in [2.75, 3.05) is 19.5 Å². The van der Waals surface area contributed by atoms with Crippen molar-refractivity contribution in [2.24, 2.45) is 0 Å². The van der Waals surface area contributed by atoms with Crippen LogP contribution < -0.4 is 10.1 Å². The summed E-state index contributed by atoms with van der Waals surface area (Å²) in [6.07, 6.45) is 0. The highest BCUT2D eigenvalue weighted by molar-refractivity contribution is 7.80. The molecule has 122 valence electrons. The molecule has 3 nitrogen and oxygen atoms in total. The lowest BCUT2D eigenvalue weighted by molar-refractivity contribution is 0.415. The smallest absolute Gasteiger partial charge is 0.173 e. The van der Waals surface area contributed by atoms with Crippen molar-refractivity contribution in [1.29, 1.82) is 0 Å². The molecule has 0 unspecified atom stereocenters. The Morgan fingerprint density at radius 1 is 1.09 bits per heavy atom. The van der Waals surface area contributed by atoms with E-state index in [0.717, 1.165) is 18.0 Å². The first-order valence-corrected chi connectivity index (χ1v) is 8.15. The molecule has 2 aromatic rings. The first-order valence-electron chi connectivity index (χ1n) is 7.74. The Hall–Kier alpha value is -2.07. The summed E-state index contributed by atoms with van der Waals surface area (Å²) >= 11 is 5.47. The van der Waals surface area contributed by atoms with E-state index in [1.807, 2.05) is 36.2 Å². The van der Waals surface area contributed by atoms with Crippen LogP contribution in [0.25, 0.3) is 0 Å². The quantitative estimate of drug-likeness (QED) is 0.808. The average molecular weight is 328 g/mol. The second-order valence-electron chi connectivity index (χ2n) is 5.91. The van der Waals surface area contributed by atoms with Crippen LogP contribution in [0.2, 0.25) is 0 Å². The van der Waals surface area contributed by atoms with Gasteiger partial charge >= 0.3 is 0 Å². The second-order valence-corrected chi connectivity index (χ2v) is 6.30. The fourth-order valence-electron chi connectivity index (χ4n) is 2.25. The molecule has 0 fully saturated rings. The predicted molar refractivity (Wildman–Crippen MR) is 101 cm³/mol. The number of nitrogens with one attached hydrogen (secondary N) is 1. The van der Waals surface area contributed by atoms with Crippen molar-refractivity contribution in [3.8, 4) is 5.75 Å². The minimum absolute atomic E-state index is 0.555. The molecule has 23 heavy (non-hydrogen) atoms. The molecule has 4 heteroatoms. The monoisotopic (exact) mass is 328 g/mol. The highest BCUT2D eigenvalue weighted by atomic mass is 32.1. The van der Waals surface area contributed by atoms with E-state index in [-0.39, 0.29) is 0 Å². The number of methoxy groups -OCH3 is 1. The molecule has 0 amide bonds. The van der Waals surface area contributed by atoms with Crippen molar-refractivity contribution in [3.63, 3.8) is 0 Å². The van der Waals surface area contributed by atoms with Gasteiger partial charge in [-0.25, -0.2) is 0 Å². The number of ether oxygens (including phenoxy) is 1. The molecule has 0 aromatic heterocycles. The van der Waals surface area contributed by atoms with Crippen molar-refractivity contribution >= 4 is 23.0 Å². The molecule has 0 aliphatic rings. The average Bonchev–Trinajstić information content (AvgIpc) is 2.56. The second kappa shape index (κ2) is 7.97. The number of benzene rings is 2. The maximum absolute atomic E-state index is 5.47. The Labute approximate surface area is 144 Å². The summed E-state index contributed by atoms with van der Waals surface area (Å²) < 4.78 is 5.16. The van der Waals surface area contributed by atoms with Crippen LogP contribution in [-0.4, -0.2) is 24.2 Å². The number of anilines is 1. The Balaban J connectivity index is 1.93. The summed E-state index contributed by atoms with van der Waals surface area (Å²) in [6, 6.07) is 16.4. The van der Waals surface area contributed by atoms with E-state index >= 15 is 0 Å². The van der Waals surface area contributed by atoms with Crippen LogP contribution in [0.5, 0.6) is 5.75 Å². The third kappa shape index (κ3) is 4.96. The minimum Gasteiger partial charge on any atom is -0.497 e. The van der Waals surface area contributed by atoms with Crippen LogP contribution >= 0.6 is 12.2 Å². The molecule has 0 bridgehead atoms. The molecular formula is C19H24N2OS. The van der Waals surface area contributed by atoms with Gasteiger partial charge in [0.25, 0.3) is 0 Å². The third-order valence-electron chi connectivity index (χ3n) is 3.75. The van der Waals surface area contributed by atoms with E-state index in [4.69, 9.17) is 17.0 Å². The summed E-state index contributed by atoms with van der Waals surface area (Å²) in [6.45, 7) is 5.18. The van der Waals surface area contributed by atoms with Crippen LogP contribution in [0.15, 0.2) is 48.5 Å². The maximum Gasteiger partial charge on any atom is 0.173 e. The van der Waals surface area contributed by atoms with Crippen LogP contribution in [0.3, 0.4) is 0 Å². The molecule has 0 atom stereocenters. The summed E-state index contributed by atoms with van der Waals surface area (Å²) in [5, 5.41) is 3.94. The lowest BCUT2D eigenvalue weighted by Gasteiger charge is -2.21. The minimum atomic E-state index is 0.555. The summed E-state index contributed by atoms with van der Waals surface area (Å²) in [5.74, 6) is 1.39. The van der Waals surface area contributed by atoms with E-state index < -0.39 is 0 Å². The van der Waals surface area contributed by atoms with E-state index in [1.165, 1.54) is 11.1 Å². The Morgan fingerprint density at radius 2 is 1.70 bits per heavy atom. The molecule has 0 saturated heterocycles. The van der Waals surface area contributed by atoms with Crippen molar-refractivity contribution in [3.05, 3.63) is 59.7 Å². The highest BCUT2D eigenvalue weighted by Gasteiger charge is 2.06. The third-order valence-corrected chi connectivity index (χ3v) is 4.17. The summed E-state index contributed by atoms with van der Waals surface area (Å²) in [7, 11) is 3.65. The van der Waals surface area contributed by atoms with E-state index in [0.29, 0.717) is 11.0 Å². The lowest BCUT2D eigenvalue weighted by atomic mass is 10.0. The zero-order valence-corrected chi connectivity index (χ0v) is 15.0. The normalized spacial score (nSPS) is 10.5. The van der Waals surface area contributed by atoms with Gasteiger partial charge in [0.15, 0.2) is 5.11 Å². The van der Waals surface area contributed by atoms with Crippen LogP contribution in [0.1, 0.15) is 30.9 Å². The van der Waals surface area contributed by atoms with Gasteiger partial charge in [0.1, 0.15) is 5.75 Å². The van der Waals surface area contributed by atoms with Crippen LogP contribution in [0.4, 0.5) is 5.69 Å². The van der Waals surface area contributed by atoms with Crippen LogP contribution in [-0.2, 0) is 6.54 Å². The molecule has 0 heterocycles. The molecule has 0 aliphatic carbocycles. The van der Waals surface area contributed by atoms with Crippen LogP contribution in [0, 0.1) is 0 Å². The number of nitrogens with zero attached hydrogens (tertiary/aromatic N) is 1. The van der Waals surface area contributed by atoms with Crippen molar-refractivity contribution in [2.45, 2.75) is 26.3 Å². The van der Waals surface area contributed by atoms with E-state index in [9.17, 15) is 0 Å². The highest BCUT2D eigenvalue weighted by Crippen LogP contribution is 2.17. The number of thiocarbonyl (C=S) groups is 1. The van der Waals surface area contributed by atoms with Gasteiger partial charge in [-0.2, -0.15) is 0 Å². The molecule has 0 aliphatic heterocycles. The van der Waals surface area contributed by atoms with Gasteiger partial charge in [-0.3, -0.25) is 0 Å². The van der Waals surface area contributed by atoms with Gasteiger partial charge in [0, 0.05) is 19.3 Å². The predicted octanol–water partition coefficient (Wildman–Crippen LogP) is 4.65. The lowest BCUT2D eigenvalue weighted by Crippen LogP contribution is -2.30. The van der Waals surface area contributed by atoms with Gasteiger partial charge in [-0.15, -0.1) is 0 Å². The zero-order valence-electron chi connectivity index (χ0n) is 14.2. The fourth-order valence-corrected chi connectivity index (χ4v) is 2.43. The first kappa shape index (κ1) is 17.3. The Morgan fingerprint density at radius 3 is 2.22 bits per heavy atom. The van der Waals surface area contributed by atoms with Crippen molar-refractivity contribution in [1.82, 2.24) is 4.90 Å². The molecule has 0 spiro atoms. The maximum atomic E-state index is 5.47. The van der Waals surface area contributed by atoms with Gasteiger partial charge in [0.2, 0.25) is 0 Å². The van der Waals surface area contributed by atoms with E-state index in [2.05, 4.69) is 43.4 Å². The number of hydrogen-bond donors (Lipinski definition) is 1. The van der Waals surface area contributed by atoms with Gasteiger partial charge < -0.3 is 15.0 Å². The molecular weight excluding hydrogens is 304 g/mol. The topological polar surface area (TPSA) is 24.5 Å². The van der Waals surface area contributed by atoms with Crippen molar-refractivity contribution < 1.29 is 4.74 Å². The largest absolute Gasteiger partial charge is 0.497 e. The molecule has 1 N–H and O–H groups in total. The SMILES string of the molecule is COc1ccc(NC(=S)N(C)Cc2ccc(C(C)C)cc2)cc1.